The molecule has 0 unspecified atom stereocenters. The second-order valence-electron chi connectivity index (χ2n) is 4.42. The molecule has 0 spiro atoms. The van der Waals surface area contributed by atoms with Crippen molar-refractivity contribution in [1.29, 1.82) is 5.26 Å². The van der Waals surface area contributed by atoms with Gasteiger partial charge in [0.25, 0.3) is 0 Å². The van der Waals surface area contributed by atoms with E-state index in [4.69, 9.17) is 5.26 Å². The molecule has 1 aromatic carbocycles. The SMILES string of the molecule is CCCCCCNc1cc(C(C)=O)ccc1C#N. The Morgan fingerprint density at radius 2 is 2.11 bits per heavy atom. The zero-order valence-electron chi connectivity index (χ0n) is 11.1. The van der Waals surface area contributed by atoms with Crippen molar-refractivity contribution in [3.63, 3.8) is 0 Å². The van der Waals surface area contributed by atoms with Crippen LogP contribution in [-0.2, 0) is 0 Å². The van der Waals surface area contributed by atoms with Gasteiger partial charge in [0, 0.05) is 12.1 Å². The van der Waals surface area contributed by atoms with Crippen LogP contribution in [-0.4, -0.2) is 12.3 Å². The van der Waals surface area contributed by atoms with Crippen molar-refractivity contribution in [3.8, 4) is 6.07 Å². The first-order chi connectivity index (χ1) is 8.69. The number of nitrogens with zero attached hydrogens (tertiary/aromatic N) is 1. The van der Waals surface area contributed by atoms with Gasteiger partial charge in [-0.15, -0.1) is 0 Å². The van der Waals surface area contributed by atoms with E-state index in [0.717, 1.165) is 18.7 Å². The Bertz CT molecular complexity index is 446. The lowest BCUT2D eigenvalue weighted by molar-refractivity contribution is 0.101. The van der Waals surface area contributed by atoms with Crippen LogP contribution in [0, 0.1) is 11.3 Å². The number of ketones is 1. The Kier molecular flexibility index (Phi) is 5.93. The maximum atomic E-state index is 11.3. The lowest BCUT2D eigenvalue weighted by Crippen LogP contribution is -2.04. The highest BCUT2D eigenvalue weighted by Gasteiger charge is 2.05. The zero-order valence-corrected chi connectivity index (χ0v) is 11.1. The van der Waals surface area contributed by atoms with Gasteiger partial charge in [0.05, 0.1) is 11.3 Å². The van der Waals surface area contributed by atoms with E-state index in [-0.39, 0.29) is 5.78 Å². The van der Waals surface area contributed by atoms with Gasteiger partial charge in [-0.1, -0.05) is 26.2 Å². The van der Waals surface area contributed by atoms with E-state index in [0.29, 0.717) is 11.1 Å². The average Bonchev–Trinajstić information content (AvgIpc) is 2.38. The molecule has 0 fully saturated rings. The number of benzene rings is 1. The molecule has 3 heteroatoms. The molecule has 3 nitrogen and oxygen atoms in total. The number of rotatable bonds is 7. The van der Waals surface area contributed by atoms with Crippen molar-refractivity contribution in [2.45, 2.75) is 39.5 Å². The molecule has 0 aromatic heterocycles. The van der Waals surface area contributed by atoms with E-state index in [2.05, 4.69) is 18.3 Å². The van der Waals surface area contributed by atoms with Crippen molar-refractivity contribution in [1.82, 2.24) is 0 Å². The molecule has 18 heavy (non-hydrogen) atoms. The molecule has 96 valence electrons. The minimum absolute atomic E-state index is 0.0218. The molecule has 0 saturated carbocycles. The summed E-state index contributed by atoms with van der Waals surface area (Å²) < 4.78 is 0. The first-order valence-electron chi connectivity index (χ1n) is 6.48. The Morgan fingerprint density at radius 3 is 2.72 bits per heavy atom. The number of nitrogens with one attached hydrogen (secondary N) is 1. The molecule has 0 aliphatic rings. The summed E-state index contributed by atoms with van der Waals surface area (Å²) in [4.78, 5) is 11.3. The number of anilines is 1. The normalized spacial score (nSPS) is 9.83. The highest BCUT2D eigenvalue weighted by Crippen LogP contribution is 2.17. The molecule has 1 aromatic rings. The summed E-state index contributed by atoms with van der Waals surface area (Å²) in [6.07, 6.45) is 4.73. The molecular formula is C15H20N2O. The summed E-state index contributed by atoms with van der Waals surface area (Å²) in [7, 11) is 0. The van der Waals surface area contributed by atoms with Crippen LogP contribution in [0.3, 0.4) is 0 Å². The third-order valence-electron chi connectivity index (χ3n) is 2.89. The molecule has 0 saturated heterocycles. The first kappa shape index (κ1) is 14.2. The average molecular weight is 244 g/mol. The number of hydrogen-bond acceptors (Lipinski definition) is 3. The van der Waals surface area contributed by atoms with Gasteiger partial charge in [-0.25, -0.2) is 0 Å². The second-order valence-corrected chi connectivity index (χ2v) is 4.42. The van der Waals surface area contributed by atoms with Crippen LogP contribution in [0.4, 0.5) is 5.69 Å². The Morgan fingerprint density at radius 1 is 1.33 bits per heavy atom. The number of carbonyl (C=O) groups excluding carboxylic acids is 1. The topological polar surface area (TPSA) is 52.9 Å². The minimum Gasteiger partial charge on any atom is -0.384 e. The molecule has 0 aliphatic heterocycles. The van der Waals surface area contributed by atoms with Gasteiger partial charge in [-0.3, -0.25) is 4.79 Å². The summed E-state index contributed by atoms with van der Waals surface area (Å²) in [5.41, 5.74) is 2.00. The molecule has 0 radical (unpaired) electrons. The molecule has 0 aliphatic carbocycles. The Labute approximate surface area is 109 Å². The number of unbranched alkanes of at least 4 members (excludes halogenated alkanes) is 3. The van der Waals surface area contributed by atoms with Crippen molar-refractivity contribution in [2.24, 2.45) is 0 Å². The van der Waals surface area contributed by atoms with E-state index < -0.39 is 0 Å². The van der Waals surface area contributed by atoms with Gasteiger partial charge < -0.3 is 5.32 Å². The summed E-state index contributed by atoms with van der Waals surface area (Å²) in [6, 6.07) is 7.30. The third-order valence-corrected chi connectivity index (χ3v) is 2.89. The second kappa shape index (κ2) is 7.50. The number of Topliss-reactive ketones (excluding diaryl/α,β-unsaturated/α-hetero) is 1. The van der Waals surface area contributed by atoms with Crippen LogP contribution < -0.4 is 5.32 Å². The fraction of sp³-hybridized carbons (Fsp3) is 0.467. The van der Waals surface area contributed by atoms with Crippen molar-refractivity contribution in [2.75, 3.05) is 11.9 Å². The van der Waals surface area contributed by atoms with Crippen LogP contribution in [0.2, 0.25) is 0 Å². The van der Waals surface area contributed by atoms with Gasteiger partial charge in [-0.2, -0.15) is 5.26 Å². The minimum atomic E-state index is 0.0218. The zero-order chi connectivity index (χ0) is 13.4. The highest BCUT2D eigenvalue weighted by molar-refractivity contribution is 5.95. The van der Waals surface area contributed by atoms with Crippen LogP contribution >= 0.6 is 0 Å². The van der Waals surface area contributed by atoms with Crippen LogP contribution in [0.25, 0.3) is 0 Å². The van der Waals surface area contributed by atoms with Crippen LogP contribution in [0.15, 0.2) is 18.2 Å². The lowest BCUT2D eigenvalue weighted by atomic mass is 10.1. The molecular weight excluding hydrogens is 224 g/mol. The van der Waals surface area contributed by atoms with Gasteiger partial charge >= 0.3 is 0 Å². The summed E-state index contributed by atoms with van der Waals surface area (Å²) in [5.74, 6) is 0.0218. The molecule has 1 N–H and O–H groups in total. The summed E-state index contributed by atoms with van der Waals surface area (Å²) in [5, 5.41) is 12.3. The number of carbonyl (C=O) groups is 1. The van der Waals surface area contributed by atoms with Crippen molar-refractivity contribution >= 4 is 11.5 Å². The van der Waals surface area contributed by atoms with Gasteiger partial charge in [0.15, 0.2) is 5.78 Å². The van der Waals surface area contributed by atoms with E-state index in [1.54, 1.807) is 18.2 Å². The van der Waals surface area contributed by atoms with Gasteiger partial charge in [0.1, 0.15) is 6.07 Å². The fourth-order valence-electron chi connectivity index (χ4n) is 1.78. The number of nitriles is 1. The Balaban J connectivity index is 2.65. The lowest BCUT2D eigenvalue weighted by Gasteiger charge is -2.09. The monoisotopic (exact) mass is 244 g/mol. The predicted molar refractivity (Wildman–Crippen MR) is 73.8 cm³/mol. The molecule has 0 heterocycles. The summed E-state index contributed by atoms with van der Waals surface area (Å²) in [6.45, 7) is 4.56. The third kappa shape index (κ3) is 4.21. The van der Waals surface area contributed by atoms with Gasteiger partial charge in [0.2, 0.25) is 0 Å². The van der Waals surface area contributed by atoms with Crippen molar-refractivity contribution in [3.05, 3.63) is 29.3 Å². The number of hydrogen-bond donors (Lipinski definition) is 1. The molecule has 0 bridgehead atoms. The smallest absolute Gasteiger partial charge is 0.159 e. The van der Waals surface area contributed by atoms with E-state index in [1.807, 2.05) is 0 Å². The standard InChI is InChI=1S/C15H20N2O/c1-3-4-5-6-9-17-15-10-13(12(2)18)7-8-14(15)11-16/h7-8,10,17H,3-6,9H2,1-2H3. The molecule has 0 amide bonds. The molecule has 1 rings (SSSR count). The summed E-state index contributed by atoms with van der Waals surface area (Å²) >= 11 is 0. The van der Waals surface area contributed by atoms with E-state index in [1.165, 1.54) is 26.2 Å². The quantitative estimate of drug-likeness (QED) is 0.587. The maximum Gasteiger partial charge on any atom is 0.159 e. The van der Waals surface area contributed by atoms with E-state index in [9.17, 15) is 4.79 Å². The van der Waals surface area contributed by atoms with Gasteiger partial charge in [-0.05, 0) is 31.5 Å². The largest absolute Gasteiger partial charge is 0.384 e. The van der Waals surface area contributed by atoms with Crippen molar-refractivity contribution < 1.29 is 4.79 Å². The van der Waals surface area contributed by atoms with Crippen LogP contribution in [0.1, 0.15) is 55.5 Å². The van der Waals surface area contributed by atoms with Crippen LogP contribution in [0.5, 0.6) is 0 Å². The first-order valence-corrected chi connectivity index (χ1v) is 6.48. The molecule has 0 atom stereocenters. The van der Waals surface area contributed by atoms with E-state index >= 15 is 0 Å². The highest BCUT2D eigenvalue weighted by atomic mass is 16.1. The fourth-order valence-corrected chi connectivity index (χ4v) is 1.78. The maximum absolute atomic E-state index is 11.3. The Hall–Kier alpha value is -1.82. The predicted octanol–water partition coefficient (Wildman–Crippen LogP) is 3.75.